The smallest absolute Gasteiger partial charge is 0.145 e. The summed E-state index contributed by atoms with van der Waals surface area (Å²) in [5.41, 5.74) is 10.7. The summed E-state index contributed by atoms with van der Waals surface area (Å²) in [6.45, 7) is 6.82. The second-order valence-electron chi connectivity index (χ2n) is 13.6. The van der Waals surface area contributed by atoms with E-state index in [9.17, 15) is 0 Å². The summed E-state index contributed by atoms with van der Waals surface area (Å²) >= 11 is 0. The largest absolute Gasteiger partial charge is 0.455 e. The van der Waals surface area contributed by atoms with Crippen molar-refractivity contribution in [3.8, 4) is 11.3 Å². The second kappa shape index (κ2) is 8.58. The summed E-state index contributed by atoms with van der Waals surface area (Å²) < 4.78 is 9.11. The Hall–Kier alpha value is -4.37. The number of nitrogens with zero attached hydrogens (tertiary/aromatic N) is 2. The number of pyridine rings is 1. The van der Waals surface area contributed by atoms with Gasteiger partial charge < -0.3 is 8.82 Å². The van der Waals surface area contributed by atoms with Gasteiger partial charge in [-0.05, 0) is 77.4 Å². The van der Waals surface area contributed by atoms with Crippen LogP contribution in [0.5, 0.6) is 0 Å². The molecule has 3 heteroatoms. The summed E-state index contributed by atoms with van der Waals surface area (Å²) in [5.74, 6) is 0.822. The van der Waals surface area contributed by atoms with Crippen LogP contribution in [0.15, 0.2) is 89.5 Å². The molecule has 1 aliphatic rings. The van der Waals surface area contributed by atoms with Gasteiger partial charge in [0, 0.05) is 38.7 Å². The van der Waals surface area contributed by atoms with E-state index in [-0.39, 0.29) is 5.41 Å². The van der Waals surface area contributed by atoms with Crippen molar-refractivity contribution < 1.29 is 4.42 Å². The minimum absolute atomic E-state index is 0.0650. The summed E-state index contributed by atoms with van der Waals surface area (Å²) in [7, 11) is 0. The van der Waals surface area contributed by atoms with Crippen LogP contribution >= 0.6 is 0 Å². The third-order valence-corrected chi connectivity index (χ3v) is 9.88. The number of aromatic nitrogens is 2. The van der Waals surface area contributed by atoms with E-state index in [1.165, 1.54) is 97.7 Å². The Kier molecular flexibility index (Phi) is 4.95. The second-order valence-corrected chi connectivity index (χ2v) is 13.6. The molecular formula is C39H34N2O. The predicted molar refractivity (Wildman–Crippen MR) is 176 cm³/mol. The highest BCUT2D eigenvalue weighted by Crippen LogP contribution is 2.46. The number of rotatable bonds is 3. The van der Waals surface area contributed by atoms with Gasteiger partial charge >= 0.3 is 0 Å². The molecule has 8 aromatic rings. The molecule has 0 spiro atoms. The van der Waals surface area contributed by atoms with Crippen molar-refractivity contribution >= 4 is 60.0 Å². The molecule has 0 unspecified atom stereocenters. The molecule has 9 rings (SSSR count). The highest BCUT2D eigenvalue weighted by Gasteiger charge is 2.24. The van der Waals surface area contributed by atoms with Crippen LogP contribution in [0, 0.1) is 5.92 Å². The molecule has 0 atom stereocenters. The van der Waals surface area contributed by atoms with E-state index in [4.69, 9.17) is 9.40 Å². The Morgan fingerprint density at radius 2 is 1.62 bits per heavy atom. The van der Waals surface area contributed by atoms with E-state index in [0.29, 0.717) is 0 Å². The lowest BCUT2D eigenvalue weighted by Crippen LogP contribution is -2.10. The fourth-order valence-corrected chi connectivity index (χ4v) is 7.72. The summed E-state index contributed by atoms with van der Waals surface area (Å²) in [6.07, 6.45) is 8.65. The first-order valence-corrected chi connectivity index (χ1v) is 15.5. The Morgan fingerprint density at radius 3 is 2.48 bits per heavy atom. The molecule has 1 saturated carbocycles. The van der Waals surface area contributed by atoms with E-state index < -0.39 is 0 Å². The molecule has 0 amide bonds. The molecule has 42 heavy (non-hydrogen) atoms. The Labute approximate surface area is 245 Å². The van der Waals surface area contributed by atoms with Gasteiger partial charge in [0.15, 0.2) is 0 Å². The highest BCUT2D eigenvalue weighted by molar-refractivity contribution is 6.32. The number of benzene rings is 4. The fraction of sp³-hybridized carbons (Fsp3) is 0.256. The van der Waals surface area contributed by atoms with E-state index in [1.807, 2.05) is 6.20 Å². The Morgan fingerprint density at radius 1 is 0.786 bits per heavy atom. The number of fused-ring (bicyclic) bond motifs is 10. The molecule has 1 fully saturated rings. The third kappa shape index (κ3) is 3.43. The first kappa shape index (κ1) is 24.2. The Bertz CT molecular complexity index is 2320. The van der Waals surface area contributed by atoms with Crippen molar-refractivity contribution in [2.24, 2.45) is 5.92 Å². The van der Waals surface area contributed by atoms with Gasteiger partial charge in [0.05, 0.1) is 27.6 Å². The van der Waals surface area contributed by atoms with Gasteiger partial charge in [0.25, 0.3) is 0 Å². The van der Waals surface area contributed by atoms with Crippen LogP contribution in [0.3, 0.4) is 0 Å². The van der Waals surface area contributed by atoms with E-state index in [1.54, 1.807) is 0 Å². The molecule has 0 saturated heterocycles. The van der Waals surface area contributed by atoms with E-state index >= 15 is 0 Å². The Balaban J connectivity index is 1.33. The maximum Gasteiger partial charge on any atom is 0.145 e. The van der Waals surface area contributed by atoms with Crippen molar-refractivity contribution in [1.82, 2.24) is 9.38 Å². The van der Waals surface area contributed by atoms with E-state index in [0.717, 1.165) is 22.8 Å². The van der Waals surface area contributed by atoms with Crippen LogP contribution in [0.1, 0.15) is 57.6 Å². The monoisotopic (exact) mass is 546 g/mol. The fourth-order valence-electron chi connectivity index (χ4n) is 7.72. The van der Waals surface area contributed by atoms with Gasteiger partial charge in [-0.15, -0.1) is 0 Å². The highest BCUT2D eigenvalue weighted by atomic mass is 16.3. The standard InChI is InChI=1S/C39H34N2O/c1-39(2,3)26-13-15-35-29(21-26)31-22-30-28-20-25(32-19-24(16-17-40-32)18-23-8-4-5-9-23)12-14-34(28)41-33-11-7-6-10-27(33)36(37(30)41)38(31)42-35/h6-7,10-17,19-23H,4-5,8-9,18H2,1-3H3. The summed E-state index contributed by atoms with van der Waals surface area (Å²) in [5, 5.41) is 7.38. The lowest BCUT2D eigenvalue weighted by molar-refractivity contribution is 0.546. The first-order valence-electron chi connectivity index (χ1n) is 15.5. The number of para-hydroxylation sites is 1. The average Bonchev–Trinajstić information content (AvgIpc) is 3.77. The van der Waals surface area contributed by atoms with Crippen LogP contribution in [0.25, 0.3) is 71.3 Å². The quantitative estimate of drug-likeness (QED) is 0.221. The van der Waals surface area contributed by atoms with Gasteiger partial charge in [0.2, 0.25) is 0 Å². The van der Waals surface area contributed by atoms with Crippen LogP contribution in [-0.4, -0.2) is 9.38 Å². The maximum absolute atomic E-state index is 6.67. The van der Waals surface area contributed by atoms with Crippen LogP contribution in [0.2, 0.25) is 0 Å². The number of hydrogen-bond acceptors (Lipinski definition) is 2. The summed E-state index contributed by atoms with van der Waals surface area (Å²) in [6, 6.07) is 29.3. The van der Waals surface area contributed by atoms with Crippen molar-refractivity contribution in [2.75, 3.05) is 0 Å². The lowest BCUT2D eigenvalue weighted by Gasteiger charge is -2.18. The number of furan rings is 1. The minimum atomic E-state index is 0.0650. The van der Waals surface area contributed by atoms with Crippen molar-refractivity contribution in [3.05, 3.63) is 96.2 Å². The van der Waals surface area contributed by atoms with Crippen molar-refractivity contribution in [1.29, 1.82) is 0 Å². The zero-order valence-corrected chi connectivity index (χ0v) is 24.5. The molecule has 0 radical (unpaired) electrons. The summed E-state index contributed by atoms with van der Waals surface area (Å²) in [4.78, 5) is 4.84. The van der Waals surface area contributed by atoms with Gasteiger partial charge in [0.1, 0.15) is 11.2 Å². The molecule has 4 heterocycles. The molecule has 0 N–H and O–H groups in total. The van der Waals surface area contributed by atoms with Gasteiger partial charge in [-0.25, -0.2) is 0 Å². The van der Waals surface area contributed by atoms with Crippen molar-refractivity contribution in [2.45, 2.75) is 58.3 Å². The normalized spacial score (nSPS) is 15.1. The predicted octanol–water partition coefficient (Wildman–Crippen LogP) is 10.8. The molecule has 3 nitrogen and oxygen atoms in total. The van der Waals surface area contributed by atoms with Crippen molar-refractivity contribution in [3.63, 3.8) is 0 Å². The van der Waals surface area contributed by atoms with Gasteiger partial charge in [-0.3, -0.25) is 4.98 Å². The third-order valence-electron chi connectivity index (χ3n) is 9.88. The zero-order valence-electron chi connectivity index (χ0n) is 24.5. The molecule has 1 aliphatic carbocycles. The molecular weight excluding hydrogens is 512 g/mol. The van der Waals surface area contributed by atoms with Crippen LogP contribution in [-0.2, 0) is 11.8 Å². The molecule has 0 aliphatic heterocycles. The number of hydrogen-bond donors (Lipinski definition) is 0. The lowest BCUT2D eigenvalue weighted by atomic mass is 9.86. The van der Waals surface area contributed by atoms with E-state index in [2.05, 4.69) is 104 Å². The van der Waals surface area contributed by atoms with Gasteiger partial charge in [-0.1, -0.05) is 76.8 Å². The molecule has 0 bridgehead atoms. The average molecular weight is 547 g/mol. The SMILES string of the molecule is CC(C)(C)c1ccc2oc3c(cc4c5cc(-c6cc(CC7CCCC7)ccn6)ccc5n5c6ccccc6c3c45)c2c1. The molecule has 4 aromatic carbocycles. The topological polar surface area (TPSA) is 30.4 Å². The maximum atomic E-state index is 6.67. The molecule has 4 aromatic heterocycles. The van der Waals surface area contributed by atoms with Gasteiger partial charge in [-0.2, -0.15) is 0 Å². The zero-order chi connectivity index (χ0) is 28.2. The van der Waals surface area contributed by atoms with Crippen LogP contribution < -0.4 is 0 Å². The first-order chi connectivity index (χ1) is 20.4. The molecule has 206 valence electrons. The van der Waals surface area contributed by atoms with Crippen LogP contribution in [0.4, 0.5) is 0 Å². The minimum Gasteiger partial charge on any atom is -0.455 e.